The zero-order chi connectivity index (χ0) is 14.5. The van der Waals surface area contributed by atoms with Gasteiger partial charge in [-0.15, -0.1) is 0 Å². The van der Waals surface area contributed by atoms with Crippen LogP contribution in [0.3, 0.4) is 0 Å². The molecule has 110 valence electrons. The predicted octanol–water partition coefficient (Wildman–Crippen LogP) is 3.08. The summed E-state index contributed by atoms with van der Waals surface area (Å²) in [6.45, 7) is 2.78. The Morgan fingerprint density at radius 3 is 2.10 bits per heavy atom. The highest BCUT2D eigenvalue weighted by molar-refractivity contribution is 5.44. The highest BCUT2D eigenvalue weighted by atomic mass is 16.3. The van der Waals surface area contributed by atoms with Crippen LogP contribution < -0.4 is 5.32 Å². The molecule has 0 bridgehead atoms. The van der Waals surface area contributed by atoms with Gasteiger partial charge in [0.25, 0.3) is 0 Å². The number of hydrogen-bond acceptors (Lipinski definition) is 3. The van der Waals surface area contributed by atoms with Gasteiger partial charge in [-0.3, -0.25) is 4.90 Å². The average molecular weight is 282 g/mol. The van der Waals surface area contributed by atoms with Crippen LogP contribution >= 0.6 is 0 Å². The zero-order valence-electron chi connectivity index (χ0n) is 12.2. The molecule has 3 heteroatoms. The number of benzene rings is 2. The van der Waals surface area contributed by atoms with Crippen LogP contribution in [0.25, 0.3) is 0 Å². The largest absolute Gasteiger partial charge is 0.371 e. The van der Waals surface area contributed by atoms with Crippen LogP contribution in [0.4, 0.5) is 5.69 Å². The van der Waals surface area contributed by atoms with Gasteiger partial charge in [0.15, 0.2) is 0 Å². The number of likely N-dealkylation sites (tertiary alicyclic amines) is 1. The van der Waals surface area contributed by atoms with Crippen LogP contribution in [-0.2, 0) is 6.54 Å². The fraction of sp³-hybridized carbons (Fsp3) is 0.333. The van der Waals surface area contributed by atoms with Crippen molar-refractivity contribution in [3.8, 4) is 0 Å². The second-order valence-electron chi connectivity index (χ2n) is 5.78. The van der Waals surface area contributed by atoms with Crippen molar-refractivity contribution in [2.24, 2.45) is 0 Å². The first kappa shape index (κ1) is 14.1. The molecule has 0 amide bonds. The number of nitrogens with zero attached hydrogens (tertiary/aromatic N) is 1. The van der Waals surface area contributed by atoms with Gasteiger partial charge in [0.1, 0.15) is 5.72 Å². The molecule has 1 heterocycles. The predicted molar refractivity (Wildman–Crippen MR) is 86.0 cm³/mol. The first-order valence-electron chi connectivity index (χ1n) is 7.55. The van der Waals surface area contributed by atoms with E-state index in [-0.39, 0.29) is 0 Å². The fourth-order valence-electron chi connectivity index (χ4n) is 2.84. The molecular formula is C18H22N2O. The van der Waals surface area contributed by atoms with Crippen molar-refractivity contribution < 1.29 is 5.11 Å². The molecule has 0 spiro atoms. The molecule has 1 aliphatic heterocycles. The van der Waals surface area contributed by atoms with E-state index in [0.717, 1.165) is 38.2 Å². The second kappa shape index (κ2) is 6.29. The molecule has 2 aromatic carbocycles. The number of rotatable bonds is 4. The molecule has 2 aromatic rings. The summed E-state index contributed by atoms with van der Waals surface area (Å²) >= 11 is 0. The highest BCUT2D eigenvalue weighted by Gasteiger charge is 2.31. The first-order valence-corrected chi connectivity index (χ1v) is 7.55. The maximum Gasteiger partial charge on any atom is 0.137 e. The minimum absolute atomic E-state index is 0.745. The molecule has 0 atom stereocenters. The normalized spacial score (nSPS) is 18.3. The van der Waals surface area contributed by atoms with Gasteiger partial charge < -0.3 is 10.4 Å². The smallest absolute Gasteiger partial charge is 0.137 e. The van der Waals surface area contributed by atoms with E-state index in [4.69, 9.17) is 0 Å². The molecule has 0 saturated carbocycles. The summed E-state index contributed by atoms with van der Waals surface area (Å²) in [5.74, 6) is 0. The van der Waals surface area contributed by atoms with Gasteiger partial charge in [0.2, 0.25) is 0 Å². The van der Waals surface area contributed by atoms with E-state index in [1.54, 1.807) is 0 Å². The number of hydrogen-bond donors (Lipinski definition) is 2. The summed E-state index contributed by atoms with van der Waals surface area (Å²) in [7, 11) is 0. The number of aliphatic hydroxyl groups is 1. The molecule has 2 N–H and O–H groups in total. The Morgan fingerprint density at radius 2 is 1.48 bits per heavy atom. The Labute approximate surface area is 126 Å². The van der Waals surface area contributed by atoms with E-state index in [2.05, 4.69) is 34.5 Å². The van der Waals surface area contributed by atoms with Gasteiger partial charge >= 0.3 is 0 Å². The van der Waals surface area contributed by atoms with E-state index >= 15 is 0 Å². The summed E-state index contributed by atoms with van der Waals surface area (Å²) in [6.07, 6.45) is 1.49. The van der Waals surface area contributed by atoms with E-state index < -0.39 is 5.72 Å². The van der Waals surface area contributed by atoms with Crippen LogP contribution in [-0.4, -0.2) is 28.8 Å². The van der Waals surface area contributed by atoms with Gasteiger partial charge in [-0.2, -0.15) is 0 Å². The molecule has 0 aliphatic carbocycles. The van der Waals surface area contributed by atoms with Crippen LogP contribution in [0.2, 0.25) is 0 Å². The molecule has 3 rings (SSSR count). The van der Waals surface area contributed by atoms with Crippen LogP contribution in [0, 0.1) is 0 Å². The summed E-state index contributed by atoms with van der Waals surface area (Å²) < 4.78 is 0. The van der Waals surface area contributed by atoms with Crippen molar-refractivity contribution in [2.45, 2.75) is 25.1 Å². The summed E-state index contributed by atoms with van der Waals surface area (Å²) in [4.78, 5) is 2.40. The first-order chi connectivity index (χ1) is 10.2. The third-order valence-corrected chi connectivity index (χ3v) is 4.08. The van der Waals surface area contributed by atoms with Gasteiger partial charge in [-0.25, -0.2) is 0 Å². The quantitative estimate of drug-likeness (QED) is 0.846. The van der Waals surface area contributed by atoms with Crippen molar-refractivity contribution in [1.82, 2.24) is 4.90 Å². The third kappa shape index (κ3) is 3.84. The lowest BCUT2D eigenvalue weighted by Crippen LogP contribution is -2.48. The Balaban J connectivity index is 1.54. The SMILES string of the molecule is OC1(Nc2ccccc2)CCN(Cc2ccccc2)CC1. The Bertz CT molecular complexity index is 548. The van der Waals surface area contributed by atoms with E-state index in [9.17, 15) is 5.11 Å². The lowest BCUT2D eigenvalue weighted by atomic mass is 9.99. The van der Waals surface area contributed by atoms with Crippen LogP contribution in [0.15, 0.2) is 60.7 Å². The summed E-state index contributed by atoms with van der Waals surface area (Å²) in [5, 5.41) is 13.9. The molecule has 0 aromatic heterocycles. The van der Waals surface area contributed by atoms with E-state index in [1.165, 1.54) is 5.56 Å². The van der Waals surface area contributed by atoms with Crippen molar-refractivity contribution in [2.75, 3.05) is 18.4 Å². The fourth-order valence-corrected chi connectivity index (χ4v) is 2.84. The second-order valence-corrected chi connectivity index (χ2v) is 5.78. The molecular weight excluding hydrogens is 260 g/mol. The van der Waals surface area contributed by atoms with Gasteiger partial charge in [-0.1, -0.05) is 48.5 Å². The lowest BCUT2D eigenvalue weighted by molar-refractivity contribution is 0.000513. The highest BCUT2D eigenvalue weighted by Crippen LogP contribution is 2.25. The Morgan fingerprint density at radius 1 is 0.905 bits per heavy atom. The van der Waals surface area contributed by atoms with Crippen LogP contribution in [0.5, 0.6) is 0 Å². The molecule has 21 heavy (non-hydrogen) atoms. The standard InChI is InChI=1S/C18H22N2O/c21-18(19-17-9-5-2-6-10-17)11-13-20(14-12-18)15-16-7-3-1-4-8-16/h1-10,19,21H,11-15H2. The van der Waals surface area contributed by atoms with Crippen molar-refractivity contribution in [1.29, 1.82) is 0 Å². The lowest BCUT2D eigenvalue weighted by Gasteiger charge is -2.39. The Hall–Kier alpha value is -1.84. The van der Waals surface area contributed by atoms with E-state index in [1.807, 2.05) is 36.4 Å². The summed E-state index contributed by atoms with van der Waals surface area (Å²) in [5.41, 5.74) is 1.53. The topological polar surface area (TPSA) is 35.5 Å². The molecule has 1 saturated heterocycles. The van der Waals surface area contributed by atoms with Crippen molar-refractivity contribution in [3.63, 3.8) is 0 Å². The number of nitrogens with one attached hydrogen (secondary N) is 1. The van der Waals surface area contributed by atoms with Gasteiger partial charge in [-0.05, 0) is 17.7 Å². The van der Waals surface area contributed by atoms with Crippen molar-refractivity contribution >= 4 is 5.69 Å². The molecule has 0 radical (unpaired) electrons. The average Bonchev–Trinajstić information content (AvgIpc) is 2.52. The van der Waals surface area contributed by atoms with E-state index in [0.29, 0.717) is 0 Å². The Kier molecular flexibility index (Phi) is 4.23. The number of para-hydroxylation sites is 1. The molecule has 1 fully saturated rings. The summed E-state index contributed by atoms with van der Waals surface area (Å²) in [6, 6.07) is 20.4. The molecule has 3 nitrogen and oxygen atoms in total. The maximum atomic E-state index is 10.7. The number of piperidine rings is 1. The zero-order valence-corrected chi connectivity index (χ0v) is 12.2. The number of anilines is 1. The third-order valence-electron chi connectivity index (χ3n) is 4.08. The van der Waals surface area contributed by atoms with Crippen LogP contribution in [0.1, 0.15) is 18.4 Å². The maximum absolute atomic E-state index is 10.7. The minimum Gasteiger partial charge on any atom is -0.371 e. The van der Waals surface area contributed by atoms with Gasteiger partial charge in [0, 0.05) is 38.2 Å². The minimum atomic E-state index is -0.783. The molecule has 0 unspecified atom stereocenters. The van der Waals surface area contributed by atoms with Crippen molar-refractivity contribution in [3.05, 3.63) is 66.2 Å². The molecule has 1 aliphatic rings. The monoisotopic (exact) mass is 282 g/mol. The van der Waals surface area contributed by atoms with Gasteiger partial charge in [0.05, 0.1) is 0 Å².